The van der Waals surface area contributed by atoms with Crippen molar-refractivity contribution in [1.82, 2.24) is 14.3 Å². The second-order valence-electron chi connectivity index (χ2n) is 7.77. The fourth-order valence-electron chi connectivity index (χ4n) is 4.09. The maximum Gasteiger partial charge on any atom is 0.253 e. The Balaban J connectivity index is 1.82. The summed E-state index contributed by atoms with van der Waals surface area (Å²) in [6.45, 7) is 3.59. The van der Waals surface area contributed by atoms with E-state index in [4.69, 9.17) is 9.47 Å². The fourth-order valence-corrected chi connectivity index (χ4v) is 4.09. The Bertz CT molecular complexity index is 1390. The molecule has 2 aromatic carbocycles. The van der Waals surface area contributed by atoms with Crippen LogP contribution in [0, 0.1) is 6.92 Å². The number of hydrogen-bond acceptors (Lipinski definition) is 5. The van der Waals surface area contributed by atoms with Crippen LogP contribution in [-0.2, 0) is 11.8 Å². The number of ether oxygens (including phenoxy) is 2. The highest BCUT2D eigenvalue weighted by molar-refractivity contribution is 5.98. The van der Waals surface area contributed by atoms with Crippen molar-refractivity contribution >= 4 is 22.6 Å². The second-order valence-corrected chi connectivity index (χ2v) is 7.77. The molecule has 0 bridgehead atoms. The molecule has 1 atom stereocenters. The second kappa shape index (κ2) is 8.82. The number of aromatic nitrogens is 3. The number of fused-ring (bicyclic) bond motifs is 1. The molecular formula is C25H26N4O4. The fraction of sp³-hybridized carbons (Fsp3) is 0.240. The van der Waals surface area contributed by atoms with Gasteiger partial charge in [-0.05, 0) is 37.1 Å². The zero-order chi connectivity index (χ0) is 23.7. The van der Waals surface area contributed by atoms with E-state index in [1.165, 1.54) is 11.7 Å². The summed E-state index contributed by atoms with van der Waals surface area (Å²) in [5.74, 6) is 0.702. The van der Waals surface area contributed by atoms with E-state index in [1.54, 1.807) is 50.0 Å². The number of benzene rings is 2. The number of pyridine rings is 1. The van der Waals surface area contributed by atoms with Gasteiger partial charge in [-0.1, -0.05) is 30.3 Å². The summed E-state index contributed by atoms with van der Waals surface area (Å²) in [4.78, 5) is 26.6. The Kier molecular flexibility index (Phi) is 5.91. The molecule has 170 valence electrons. The first-order valence-electron chi connectivity index (χ1n) is 10.5. The molecule has 1 amide bonds. The summed E-state index contributed by atoms with van der Waals surface area (Å²) < 4.78 is 13.7. The van der Waals surface area contributed by atoms with Crippen molar-refractivity contribution in [2.45, 2.75) is 19.9 Å². The first-order valence-corrected chi connectivity index (χ1v) is 10.5. The van der Waals surface area contributed by atoms with E-state index in [1.807, 2.05) is 37.3 Å². The van der Waals surface area contributed by atoms with Crippen molar-refractivity contribution in [3.05, 3.63) is 70.6 Å². The van der Waals surface area contributed by atoms with Crippen LogP contribution in [0.4, 0.5) is 5.69 Å². The molecule has 0 aliphatic heterocycles. The van der Waals surface area contributed by atoms with Gasteiger partial charge in [-0.15, -0.1) is 0 Å². The van der Waals surface area contributed by atoms with Crippen LogP contribution in [0.2, 0.25) is 0 Å². The first-order chi connectivity index (χ1) is 15.8. The lowest BCUT2D eigenvalue weighted by Gasteiger charge is -2.19. The first kappa shape index (κ1) is 22.1. The van der Waals surface area contributed by atoms with Gasteiger partial charge in [-0.2, -0.15) is 5.10 Å². The summed E-state index contributed by atoms with van der Waals surface area (Å²) in [5, 5.41) is 8.24. The van der Waals surface area contributed by atoms with Crippen molar-refractivity contribution in [3.63, 3.8) is 0 Å². The minimum absolute atomic E-state index is 0.287. The summed E-state index contributed by atoms with van der Waals surface area (Å²) in [6.07, 6.45) is 0. The van der Waals surface area contributed by atoms with Crippen LogP contribution in [0.3, 0.4) is 0 Å². The molecule has 4 rings (SSSR count). The highest BCUT2D eigenvalue weighted by atomic mass is 16.5. The summed E-state index contributed by atoms with van der Waals surface area (Å²) >= 11 is 0. The zero-order valence-corrected chi connectivity index (χ0v) is 19.2. The molecule has 0 saturated heterocycles. The van der Waals surface area contributed by atoms with E-state index in [2.05, 4.69) is 10.4 Å². The van der Waals surface area contributed by atoms with Gasteiger partial charge in [0.1, 0.15) is 23.2 Å². The molecule has 33 heavy (non-hydrogen) atoms. The third-order valence-electron chi connectivity index (χ3n) is 5.71. The smallest absolute Gasteiger partial charge is 0.253 e. The molecule has 0 aliphatic rings. The van der Waals surface area contributed by atoms with Crippen LogP contribution in [0.5, 0.6) is 11.5 Å². The zero-order valence-electron chi connectivity index (χ0n) is 19.2. The number of carbonyl (C=O) groups is 1. The Hall–Kier alpha value is -4.07. The van der Waals surface area contributed by atoms with Crippen molar-refractivity contribution < 1.29 is 14.3 Å². The van der Waals surface area contributed by atoms with Gasteiger partial charge in [0.05, 0.1) is 25.6 Å². The summed E-state index contributed by atoms with van der Waals surface area (Å²) in [7, 11) is 4.84. The molecule has 2 heterocycles. The predicted molar refractivity (Wildman–Crippen MR) is 128 cm³/mol. The molecule has 0 radical (unpaired) electrons. The number of amides is 1. The van der Waals surface area contributed by atoms with E-state index in [-0.39, 0.29) is 11.5 Å². The average molecular weight is 447 g/mol. The molecule has 2 aromatic heterocycles. The molecule has 1 N–H and O–H groups in total. The maximum atomic E-state index is 13.3. The van der Waals surface area contributed by atoms with Crippen LogP contribution in [0.15, 0.2) is 59.4 Å². The van der Waals surface area contributed by atoms with Crippen LogP contribution >= 0.6 is 0 Å². The number of hydrogen-bond donors (Lipinski definition) is 1. The minimum Gasteiger partial charge on any atom is -0.497 e. The molecular weight excluding hydrogens is 420 g/mol. The Morgan fingerprint density at radius 2 is 1.79 bits per heavy atom. The SMILES string of the molecule is COc1ccc(OC)c(NC(=O)C(C)n2c(=O)cc(-c3ccccc3)c3c(C)nn(C)c32)c1. The number of nitrogens with zero attached hydrogens (tertiary/aromatic N) is 3. The van der Waals surface area contributed by atoms with Crippen LogP contribution < -0.4 is 20.3 Å². The molecule has 8 heteroatoms. The molecule has 0 aliphatic carbocycles. The van der Waals surface area contributed by atoms with E-state index in [0.717, 1.165) is 22.2 Å². The Morgan fingerprint density at radius 3 is 2.45 bits per heavy atom. The Morgan fingerprint density at radius 1 is 1.06 bits per heavy atom. The molecule has 8 nitrogen and oxygen atoms in total. The number of nitrogens with one attached hydrogen (secondary N) is 1. The lowest BCUT2D eigenvalue weighted by atomic mass is 10.0. The Labute approximate surface area is 191 Å². The number of methoxy groups -OCH3 is 2. The number of anilines is 1. The average Bonchev–Trinajstić information content (AvgIpc) is 3.12. The minimum atomic E-state index is -0.810. The normalized spacial score (nSPS) is 11.9. The predicted octanol–water partition coefficient (Wildman–Crippen LogP) is 3.93. The largest absolute Gasteiger partial charge is 0.497 e. The van der Waals surface area contributed by atoms with E-state index < -0.39 is 6.04 Å². The lowest BCUT2D eigenvalue weighted by Crippen LogP contribution is -2.32. The van der Waals surface area contributed by atoms with Gasteiger partial charge < -0.3 is 14.8 Å². The maximum absolute atomic E-state index is 13.3. The molecule has 4 aromatic rings. The van der Waals surface area contributed by atoms with Gasteiger partial charge in [-0.3, -0.25) is 18.8 Å². The van der Waals surface area contributed by atoms with E-state index in [0.29, 0.717) is 22.8 Å². The van der Waals surface area contributed by atoms with Gasteiger partial charge in [0.25, 0.3) is 5.56 Å². The van der Waals surface area contributed by atoms with Gasteiger partial charge in [0, 0.05) is 24.6 Å². The molecule has 1 unspecified atom stereocenters. The van der Waals surface area contributed by atoms with Gasteiger partial charge in [0.2, 0.25) is 5.91 Å². The van der Waals surface area contributed by atoms with Crippen molar-refractivity contribution in [1.29, 1.82) is 0 Å². The van der Waals surface area contributed by atoms with E-state index >= 15 is 0 Å². The van der Waals surface area contributed by atoms with Crippen molar-refractivity contribution in [3.8, 4) is 22.6 Å². The highest BCUT2D eigenvalue weighted by Gasteiger charge is 2.24. The third kappa shape index (κ3) is 3.95. The standard InChI is InChI=1S/C25H26N4O4/c1-15-23-19(17-9-7-6-8-10-17)14-22(30)29(25(23)28(3)27-15)16(2)24(31)26-20-13-18(32-4)11-12-21(20)33-5/h6-14,16H,1-5H3,(H,26,31). The van der Waals surface area contributed by atoms with Gasteiger partial charge in [-0.25, -0.2) is 0 Å². The number of carbonyl (C=O) groups excluding carboxylic acids is 1. The molecule has 0 fully saturated rings. The van der Waals surface area contributed by atoms with Crippen molar-refractivity contribution in [2.75, 3.05) is 19.5 Å². The summed E-state index contributed by atoms with van der Waals surface area (Å²) in [6, 6.07) is 15.6. The monoisotopic (exact) mass is 446 g/mol. The van der Waals surface area contributed by atoms with Crippen LogP contribution in [0.1, 0.15) is 18.7 Å². The third-order valence-corrected chi connectivity index (χ3v) is 5.71. The number of aryl methyl sites for hydroxylation is 2. The van der Waals surface area contributed by atoms with Gasteiger partial charge in [0.15, 0.2) is 0 Å². The quantitative estimate of drug-likeness (QED) is 0.485. The highest BCUT2D eigenvalue weighted by Crippen LogP contribution is 2.32. The van der Waals surface area contributed by atoms with Crippen molar-refractivity contribution in [2.24, 2.45) is 7.05 Å². The lowest BCUT2D eigenvalue weighted by molar-refractivity contribution is -0.118. The van der Waals surface area contributed by atoms with Crippen LogP contribution in [-0.4, -0.2) is 34.5 Å². The topological polar surface area (TPSA) is 87.4 Å². The molecule has 0 spiro atoms. The van der Waals surface area contributed by atoms with E-state index in [9.17, 15) is 9.59 Å². The number of rotatable bonds is 6. The summed E-state index contributed by atoms with van der Waals surface area (Å²) in [5.41, 5.74) is 3.24. The molecule has 0 saturated carbocycles. The van der Waals surface area contributed by atoms with Gasteiger partial charge >= 0.3 is 0 Å². The van der Waals surface area contributed by atoms with Crippen LogP contribution in [0.25, 0.3) is 22.2 Å².